The minimum Gasteiger partial charge on any atom is -0.392 e. The van der Waals surface area contributed by atoms with Gasteiger partial charge in [0.1, 0.15) is 0 Å². The van der Waals surface area contributed by atoms with Crippen LogP contribution in [0.2, 0.25) is 0 Å². The first-order valence-electron chi connectivity index (χ1n) is 21.1. The third kappa shape index (κ3) is 8.32. The first-order valence-corrected chi connectivity index (χ1v) is 21.1. The number of carbonyl (C=O) groups excluding carboxylic acids is 1. The number of aliphatic hydroxyl groups is 1. The highest BCUT2D eigenvalue weighted by atomic mass is 16.7. The zero-order chi connectivity index (χ0) is 38.1. The highest BCUT2D eigenvalue weighted by Gasteiger charge is 2.51. The predicted molar refractivity (Wildman–Crippen MR) is 219 cm³/mol. The largest absolute Gasteiger partial charge is 0.392 e. The van der Waals surface area contributed by atoms with Crippen LogP contribution in [-0.4, -0.2) is 65.3 Å². The average Bonchev–Trinajstić information content (AvgIpc) is 3.21. The van der Waals surface area contributed by atoms with Crippen molar-refractivity contribution in [2.45, 2.75) is 89.2 Å². The monoisotopic (exact) mass is 754 g/mol. The topological polar surface area (TPSA) is 86.3 Å². The molecule has 6 fully saturated rings. The van der Waals surface area contributed by atoms with E-state index in [4.69, 9.17) is 9.47 Å². The van der Waals surface area contributed by atoms with Crippen molar-refractivity contribution < 1.29 is 19.4 Å². The van der Waals surface area contributed by atoms with Crippen LogP contribution >= 0.6 is 0 Å². The number of carbonyl (C=O) groups is 1. The van der Waals surface area contributed by atoms with Crippen molar-refractivity contribution in [2.75, 3.05) is 32.7 Å². The summed E-state index contributed by atoms with van der Waals surface area (Å²) in [6.07, 6.45) is 6.83. The van der Waals surface area contributed by atoms with Crippen LogP contribution in [0.1, 0.15) is 85.7 Å². The van der Waals surface area contributed by atoms with E-state index >= 15 is 0 Å². The van der Waals surface area contributed by atoms with Crippen LogP contribution in [0.15, 0.2) is 103 Å². The summed E-state index contributed by atoms with van der Waals surface area (Å²) in [4.78, 5) is 18.4. The van der Waals surface area contributed by atoms with Gasteiger partial charge < -0.3 is 25.2 Å². The Hall–Kier alpha value is -4.05. The molecule has 0 spiro atoms. The maximum atomic E-state index is 13.3. The van der Waals surface area contributed by atoms with Crippen molar-refractivity contribution in [2.24, 2.45) is 23.7 Å². The fourth-order valence-electron chi connectivity index (χ4n) is 11.1. The van der Waals surface area contributed by atoms with Crippen molar-refractivity contribution in [1.82, 2.24) is 20.4 Å². The zero-order valence-corrected chi connectivity index (χ0v) is 32.8. The number of nitrogens with zero attached hydrogens (tertiary/aromatic N) is 2. The number of piperazine rings is 1. The number of benzene rings is 4. The van der Waals surface area contributed by atoms with Crippen LogP contribution in [0.3, 0.4) is 0 Å². The number of ether oxygens (including phenoxy) is 2. The molecule has 8 nitrogen and oxygen atoms in total. The first kappa shape index (κ1) is 37.5. The van der Waals surface area contributed by atoms with E-state index in [-0.39, 0.29) is 36.3 Å². The molecule has 3 N–H and O–H groups in total. The molecule has 4 bridgehead atoms. The van der Waals surface area contributed by atoms with E-state index in [1.54, 1.807) is 0 Å². The van der Waals surface area contributed by atoms with Crippen molar-refractivity contribution in [3.8, 4) is 11.1 Å². The molecular weight excluding hydrogens is 697 g/mol. The smallest absolute Gasteiger partial charge is 0.315 e. The van der Waals surface area contributed by atoms with Crippen LogP contribution in [0, 0.1) is 23.7 Å². The second kappa shape index (κ2) is 16.4. The van der Waals surface area contributed by atoms with E-state index in [0.717, 1.165) is 110 Å². The van der Waals surface area contributed by atoms with Gasteiger partial charge in [-0.2, -0.15) is 0 Å². The van der Waals surface area contributed by atoms with Gasteiger partial charge in [-0.3, -0.25) is 9.80 Å². The zero-order valence-electron chi connectivity index (χ0n) is 32.8. The van der Waals surface area contributed by atoms with Gasteiger partial charge in [0.15, 0.2) is 6.29 Å². The molecule has 4 saturated carbocycles. The number of amides is 2. The van der Waals surface area contributed by atoms with E-state index in [2.05, 4.69) is 112 Å². The normalized spacial score (nSPS) is 30.3. The Balaban J connectivity index is 0.869. The number of aliphatic hydroxyl groups excluding tert-OH is 1. The lowest BCUT2D eigenvalue weighted by molar-refractivity contribution is -0.276. The van der Waals surface area contributed by atoms with E-state index in [1.807, 2.05) is 18.2 Å². The summed E-state index contributed by atoms with van der Waals surface area (Å²) in [6, 6.07) is 35.8. The second-order valence-electron chi connectivity index (χ2n) is 17.7. The number of rotatable bonds is 11. The Morgan fingerprint density at radius 2 is 1.36 bits per heavy atom. The third-order valence-corrected chi connectivity index (χ3v) is 13.6. The molecule has 8 heteroatoms. The van der Waals surface area contributed by atoms with Gasteiger partial charge in [0.25, 0.3) is 0 Å². The molecule has 4 atom stereocenters. The van der Waals surface area contributed by atoms with Crippen molar-refractivity contribution >= 4 is 6.03 Å². The molecular formula is C48H58N4O4. The highest BCUT2D eigenvalue weighted by molar-refractivity contribution is 5.76. The summed E-state index contributed by atoms with van der Waals surface area (Å²) in [6.45, 7) is 8.66. The van der Waals surface area contributed by atoms with E-state index < -0.39 is 6.29 Å². The molecule has 0 aromatic heterocycles. The maximum Gasteiger partial charge on any atom is 0.315 e. The first-order chi connectivity index (χ1) is 27.4. The lowest BCUT2D eigenvalue weighted by Crippen LogP contribution is -2.61. The number of urea groups is 1. The lowest BCUT2D eigenvalue weighted by Gasteiger charge is -2.56. The van der Waals surface area contributed by atoms with Crippen LogP contribution in [0.4, 0.5) is 4.79 Å². The molecule has 4 aliphatic carbocycles. The maximum absolute atomic E-state index is 13.3. The Bertz CT molecular complexity index is 1890. The number of hydrogen-bond acceptors (Lipinski definition) is 6. The van der Waals surface area contributed by atoms with Gasteiger partial charge >= 0.3 is 6.03 Å². The highest BCUT2D eigenvalue weighted by Crippen LogP contribution is 2.55. The Labute approximate surface area is 332 Å². The van der Waals surface area contributed by atoms with Crippen molar-refractivity contribution in [3.05, 3.63) is 131 Å². The average molecular weight is 755 g/mol. The SMILES string of the molecule is C[C@@H]1[C@H](CN2CCN(Cc3ccccc3)CC2)O[C@H](c2ccc(-c3ccccc3CNC(=O)NC34CC5CC(CC(C5)C3)C4)cc2)O[C@@H]1c1ccc(CO)cc1. The fourth-order valence-corrected chi connectivity index (χ4v) is 11.1. The standard InChI is InChI=1S/C48H58N4O4/c1-33-44(31-52-21-19-51(20-22-52)30-34-7-3-2-4-8-34)55-46(56-45(33)40-13-11-35(32-53)12-14-40)41-17-15-39(16-18-41)43-10-6-5-9-42(43)29-49-47(54)50-48-26-36-23-37(27-48)25-38(24-36)28-48/h2-18,33,36-38,44-46,53H,19-32H2,1H3,(H2,49,50,54)/t33-,36?,37?,38?,44+,45+,46+,48?/m1/s1. The minimum absolute atomic E-state index is 0.00631. The van der Waals surface area contributed by atoms with Gasteiger partial charge in [-0.05, 0) is 89.7 Å². The Kier molecular flexibility index (Phi) is 11.0. The Morgan fingerprint density at radius 3 is 2.04 bits per heavy atom. The molecule has 2 saturated heterocycles. The number of hydrogen-bond donors (Lipinski definition) is 3. The van der Waals surface area contributed by atoms with E-state index in [9.17, 15) is 9.90 Å². The van der Waals surface area contributed by atoms with Gasteiger partial charge in [0, 0.05) is 62.8 Å². The quantitative estimate of drug-likeness (QED) is 0.143. The van der Waals surface area contributed by atoms with Gasteiger partial charge in [-0.15, -0.1) is 0 Å². The van der Waals surface area contributed by atoms with Crippen molar-refractivity contribution in [1.29, 1.82) is 0 Å². The molecule has 0 unspecified atom stereocenters. The van der Waals surface area contributed by atoms with E-state index in [0.29, 0.717) is 6.54 Å². The minimum atomic E-state index is -0.516. The molecule has 56 heavy (non-hydrogen) atoms. The number of nitrogens with one attached hydrogen (secondary N) is 2. The van der Waals surface area contributed by atoms with Gasteiger partial charge in [0.2, 0.25) is 0 Å². The summed E-state index contributed by atoms with van der Waals surface area (Å²) in [5, 5.41) is 16.4. The molecule has 2 amide bonds. The summed E-state index contributed by atoms with van der Waals surface area (Å²) < 4.78 is 13.7. The summed E-state index contributed by atoms with van der Waals surface area (Å²) in [7, 11) is 0. The fraction of sp³-hybridized carbons (Fsp3) is 0.479. The predicted octanol–water partition coefficient (Wildman–Crippen LogP) is 8.22. The molecule has 294 valence electrons. The summed E-state index contributed by atoms with van der Waals surface area (Å²) in [5.74, 6) is 2.51. The van der Waals surface area contributed by atoms with E-state index in [1.165, 1.54) is 24.8 Å². The second-order valence-corrected chi connectivity index (χ2v) is 17.7. The Morgan fingerprint density at radius 1 is 0.732 bits per heavy atom. The van der Waals surface area contributed by atoms with Crippen LogP contribution in [0.25, 0.3) is 11.1 Å². The molecule has 2 aliphatic heterocycles. The van der Waals surface area contributed by atoms with Gasteiger partial charge in [-0.25, -0.2) is 4.79 Å². The van der Waals surface area contributed by atoms with Crippen LogP contribution < -0.4 is 10.6 Å². The van der Waals surface area contributed by atoms with Gasteiger partial charge in [0.05, 0.1) is 18.8 Å². The summed E-state index contributed by atoms with van der Waals surface area (Å²) >= 11 is 0. The third-order valence-electron chi connectivity index (χ3n) is 13.6. The molecule has 10 rings (SSSR count). The van der Waals surface area contributed by atoms with Crippen LogP contribution in [0.5, 0.6) is 0 Å². The van der Waals surface area contributed by atoms with Crippen molar-refractivity contribution in [3.63, 3.8) is 0 Å². The molecule has 6 aliphatic rings. The summed E-state index contributed by atoms with van der Waals surface area (Å²) in [5.41, 5.74) is 7.64. The molecule has 4 aromatic carbocycles. The lowest BCUT2D eigenvalue weighted by atomic mass is 9.53. The molecule has 4 aromatic rings. The van der Waals surface area contributed by atoms with Gasteiger partial charge in [-0.1, -0.05) is 110 Å². The van der Waals surface area contributed by atoms with Crippen LogP contribution in [-0.2, 0) is 29.2 Å². The molecule has 0 radical (unpaired) electrons. The molecule has 2 heterocycles.